The Morgan fingerprint density at radius 2 is 1.67 bits per heavy atom. The van der Waals surface area contributed by atoms with Crippen LogP contribution in [-0.4, -0.2) is 25.5 Å². The van der Waals surface area contributed by atoms with Crippen molar-refractivity contribution >= 4 is 28.4 Å². The van der Waals surface area contributed by atoms with E-state index in [0.717, 1.165) is 35.6 Å². The van der Waals surface area contributed by atoms with Gasteiger partial charge in [0.1, 0.15) is 0 Å². The highest BCUT2D eigenvalue weighted by atomic mass is 14.8. The Labute approximate surface area is 252 Å². The van der Waals surface area contributed by atoms with Crippen molar-refractivity contribution in [3.8, 4) is 0 Å². The topological polar surface area (TPSA) is 62.8 Å². The molecule has 0 saturated carbocycles. The lowest BCUT2D eigenvalue weighted by molar-refractivity contribution is 0.738. The van der Waals surface area contributed by atoms with Crippen LogP contribution in [0.5, 0.6) is 0 Å². The fraction of sp³-hybridized carbons (Fsp3) is 0.211. The van der Waals surface area contributed by atoms with Crippen LogP contribution in [0.4, 0.5) is 11.4 Å². The number of rotatable bonds is 9. The highest BCUT2D eigenvalue weighted by Crippen LogP contribution is 2.25. The molecule has 1 aliphatic rings. The molecule has 42 heavy (non-hydrogen) atoms. The first-order chi connectivity index (χ1) is 20.5. The van der Waals surface area contributed by atoms with E-state index in [1.54, 1.807) is 0 Å². The minimum absolute atomic E-state index is 0.149. The van der Waals surface area contributed by atoms with Crippen molar-refractivity contribution in [3.63, 3.8) is 0 Å². The van der Waals surface area contributed by atoms with Crippen molar-refractivity contribution in [1.29, 1.82) is 0 Å². The van der Waals surface area contributed by atoms with Gasteiger partial charge in [0.25, 0.3) is 0 Å². The van der Waals surface area contributed by atoms with Gasteiger partial charge in [-0.15, -0.1) is 0 Å². The maximum Gasteiger partial charge on any atom is 0.0830 e. The molecule has 1 atom stereocenters. The van der Waals surface area contributed by atoms with Crippen molar-refractivity contribution < 1.29 is 0 Å². The molecule has 0 spiro atoms. The summed E-state index contributed by atoms with van der Waals surface area (Å²) in [5.74, 6) is 0. The lowest BCUT2D eigenvalue weighted by Gasteiger charge is -2.16. The van der Waals surface area contributed by atoms with Crippen LogP contribution in [0.25, 0.3) is 5.57 Å². The smallest absolute Gasteiger partial charge is 0.0830 e. The first-order valence-electron chi connectivity index (χ1n) is 14.6. The van der Waals surface area contributed by atoms with Gasteiger partial charge in [-0.25, -0.2) is 0 Å². The van der Waals surface area contributed by atoms with E-state index < -0.39 is 0 Å². The van der Waals surface area contributed by atoms with Gasteiger partial charge in [-0.2, -0.15) is 0 Å². The summed E-state index contributed by atoms with van der Waals surface area (Å²) in [5.41, 5.74) is 15.4. The number of dihydropyridines is 1. The van der Waals surface area contributed by atoms with Crippen LogP contribution in [-0.2, 0) is 0 Å². The van der Waals surface area contributed by atoms with Gasteiger partial charge in [0.2, 0.25) is 0 Å². The van der Waals surface area contributed by atoms with Crippen LogP contribution in [0, 0.1) is 6.92 Å². The molecule has 4 nitrogen and oxygen atoms in total. The molecular formula is C38H44N4. The predicted octanol–water partition coefficient (Wildman–Crippen LogP) is 9.37. The summed E-state index contributed by atoms with van der Waals surface area (Å²) in [6.07, 6.45) is 18.8. The molecule has 1 aliphatic heterocycles. The molecule has 0 aliphatic carbocycles. The summed E-state index contributed by atoms with van der Waals surface area (Å²) in [6.45, 7) is 6.31. The van der Waals surface area contributed by atoms with Crippen LogP contribution in [0.3, 0.4) is 0 Å². The zero-order valence-electron chi connectivity index (χ0n) is 25.6. The number of aliphatic imine (C=N–C) groups is 2. The Balaban J connectivity index is 0.000000521. The third-order valence-electron chi connectivity index (χ3n) is 6.95. The zero-order chi connectivity index (χ0) is 30.2. The van der Waals surface area contributed by atoms with E-state index in [9.17, 15) is 0 Å². The second-order valence-electron chi connectivity index (χ2n) is 9.96. The molecule has 1 heterocycles. The summed E-state index contributed by atoms with van der Waals surface area (Å²) < 4.78 is 0. The lowest BCUT2D eigenvalue weighted by Crippen LogP contribution is -2.14. The number of nitrogens with zero attached hydrogens (tertiary/aromatic N) is 2. The largest absolute Gasteiger partial charge is 0.399 e. The number of nitrogens with one attached hydrogen (secondary N) is 1. The second-order valence-corrected chi connectivity index (χ2v) is 9.96. The minimum atomic E-state index is 0.149. The third kappa shape index (κ3) is 10.0. The van der Waals surface area contributed by atoms with Crippen LogP contribution in [0.1, 0.15) is 49.4 Å². The normalized spacial score (nSPS) is 15.9. The van der Waals surface area contributed by atoms with Gasteiger partial charge in [-0.1, -0.05) is 104 Å². The average Bonchev–Trinajstić information content (AvgIpc) is 3.05. The Bertz CT molecular complexity index is 1450. The fourth-order valence-electron chi connectivity index (χ4n) is 4.43. The van der Waals surface area contributed by atoms with Crippen molar-refractivity contribution in [2.45, 2.75) is 39.7 Å². The van der Waals surface area contributed by atoms with Gasteiger partial charge in [0.15, 0.2) is 0 Å². The molecule has 0 radical (unpaired) electrons. The van der Waals surface area contributed by atoms with Gasteiger partial charge >= 0.3 is 0 Å². The molecule has 3 aromatic carbocycles. The monoisotopic (exact) mass is 556 g/mol. The first-order valence-corrected chi connectivity index (χ1v) is 14.6. The Hall–Kier alpha value is -4.70. The molecule has 216 valence electrons. The first kappa shape index (κ1) is 31.8. The molecule has 4 rings (SSSR count). The van der Waals surface area contributed by atoms with Crippen molar-refractivity contribution in [2.75, 3.05) is 25.1 Å². The van der Waals surface area contributed by atoms with Crippen molar-refractivity contribution in [1.82, 2.24) is 0 Å². The number of hydrogen-bond acceptors (Lipinski definition) is 4. The van der Waals surface area contributed by atoms with E-state index in [1.807, 2.05) is 63.5 Å². The molecule has 4 heteroatoms. The predicted molar refractivity (Wildman–Crippen MR) is 186 cm³/mol. The quantitative estimate of drug-likeness (QED) is 0.157. The molecule has 1 unspecified atom stereocenters. The zero-order valence-corrected chi connectivity index (χ0v) is 25.6. The summed E-state index contributed by atoms with van der Waals surface area (Å²) in [5, 5.41) is 3.17. The molecular weight excluding hydrogens is 512 g/mol. The number of hydrogen-bond donors (Lipinski definition) is 2. The highest BCUT2D eigenvalue weighted by Gasteiger charge is 2.14. The Morgan fingerprint density at radius 3 is 2.26 bits per heavy atom. The van der Waals surface area contributed by atoms with E-state index in [0.29, 0.717) is 0 Å². The van der Waals surface area contributed by atoms with Crippen molar-refractivity contribution in [3.05, 3.63) is 150 Å². The second kappa shape index (κ2) is 17.2. The molecule has 3 N–H and O–H groups in total. The van der Waals surface area contributed by atoms with Crippen molar-refractivity contribution in [2.24, 2.45) is 9.98 Å². The summed E-state index contributed by atoms with van der Waals surface area (Å²) in [6, 6.07) is 27.0. The summed E-state index contributed by atoms with van der Waals surface area (Å²) in [7, 11) is 3.76. The molecule has 0 saturated heterocycles. The van der Waals surface area contributed by atoms with Crippen LogP contribution in [0.15, 0.2) is 143 Å². The highest BCUT2D eigenvalue weighted by molar-refractivity contribution is 6.50. The number of allylic oxidation sites excluding steroid dienone is 9. The van der Waals surface area contributed by atoms with Gasteiger partial charge in [-0.3, -0.25) is 9.98 Å². The molecule has 3 aromatic rings. The summed E-state index contributed by atoms with van der Waals surface area (Å²) >= 11 is 0. The van der Waals surface area contributed by atoms with E-state index in [-0.39, 0.29) is 6.04 Å². The average molecular weight is 557 g/mol. The van der Waals surface area contributed by atoms with Gasteiger partial charge in [0, 0.05) is 25.5 Å². The number of nitrogen functional groups attached to an aromatic ring is 1. The van der Waals surface area contributed by atoms with Crippen LogP contribution in [0.2, 0.25) is 0 Å². The minimum Gasteiger partial charge on any atom is -0.399 e. The van der Waals surface area contributed by atoms with Gasteiger partial charge < -0.3 is 11.1 Å². The standard InChI is InChI=1S/C31H35N3.C7H9N/c1-5-24(23-25(6-2)26-19-21-28(32-3)22-20-26)13-10-11-16-30(33-4)31-18-12-17-29(34-31)27-14-8-7-9-15-27;1-6-2-4-7(8)5-3-6/h5,7-16,18-23,29,32H,6,17H2,1-4H3;2-5H,8H2,1H3/b13-10+,16-11-,24-5-,25-23+,33-30?;. The SMILES string of the molecule is C/C=C(/C=C/C=C\C(=NC)C1=NC(c2ccccc2)CC=C1)\C=C(/CC)c1ccc(NC)cc1.Cc1ccc(N)cc1. The maximum absolute atomic E-state index is 5.43. The van der Waals surface area contributed by atoms with E-state index in [1.165, 1.54) is 27.8 Å². The van der Waals surface area contributed by atoms with E-state index in [4.69, 9.17) is 10.7 Å². The maximum atomic E-state index is 5.43. The van der Waals surface area contributed by atoms with E-state index >= 15 is 0 Å². The Kier molecular flexibility index (Phi) is 13.0. The van der Waals surface area contributed by atoms with Crippen LogP contribution >= 0.6 is 0 Å². The lowest BCUT2D eigenvalue weighted by atomic mass is 9.99. The molecule has 0 aromatic heterocycles. The molecule has 0 bridgehead atoms. The number of aryl methyl sites for hydroxylation is 1. The summed E-state index contributed by atoms with van der Waals surface area (Å²) in [4.78, 5) is 9.42. The third-order valence-corrected chi connectivity index (χ3v) is 6.95. The Morgan fingerprint density at radius 1 is 0.976 bits per heavy atom. The number of benzene rings is 3. The van der Waals surface area contributed by atoms with Crippen LogP contribution < -0.4 is 11.1 Å². The number of anilines is 2. The number of nitrogens with two attached hydrogens (primary N) is 1. The molecule has 0 fully saturated rings. The molecule has 0 amide bonds. The van der Waals surface area contributed by atoms with E-state index in [2.05, 4.69) is 109 Å². The van der Waals surface area contributed by atoms with Gasteiger partial charge in [-0.05, 0) is 85.4 Å². The van der Waals surface area contributed by atoms with Gasteiger partial charge in [0.05, 0.1) is 17.5 Å². The fourth-order valence-corrected chi connectivity index (χ4v) is 4.43.